The van der Waals surface area contributed by atoms with Crippen LogP contribution in [0.15, 0.2) is 18.3 Å². The van der Waals surface area contributed by atoms with Crippen LogP contribution in [-0.2, 0) is 5.67 Å². The number of alkyl halides is 7. The van der Waals surface area contributed by atoms with Gasteiger partial charge in [-0.3, -0.25) is 0 Å². The minimum Gasteiger partial charge on any atom is -0.359 e. The predicted octanol–water partition coefficient (Wildman–Crippen LogP) is 3.30. The molecule has 0 saturated heterocycles. The lowest BCUT2D eigenvalue weighted by molar-refractivity contribution is -0.351. The molecule has 0 aliphatic rings. The molecule has 4 nitrogen and oxygen atoms in total. The summed E-state index contributed by atoms with van der Waals surface area (Å²) in [5.41, 5.74) is -6.14. The lowest BCUT2D eigenvalue weighted by Crippen LogP contribution is -2.51. The molecule has 0 bridgehead atoms. The molecule has 12 heteroatoms. The van der Waals surface area contributed by atoms with Crippen LogP contribution in [0.3, 0.4) is 0 Å². The Hall–Kier alpha value is -2.27. The smallest absolute Gasteiger partial charge is 0.359 e. The van der Waals surface area contributed by atoms with Crippen molar-refractivity contribution in [3.63, 3.8) is 0 Å². The van der Waals surface area contributed by atoms with Crippen molar-refractivity contribution in [2.75, 3.05) is 0 Å². The number of hydrogen-bond acceptors (Lipinski definition) is 3. The molecule has 0 spiro atoms. The molecule has 0 aliphatic heterocycles. The number of aromatic amines is 1. The number of rotatable bonds is 2. The van der Waals surface area contributed by atoms with Gasteiger partial charge in [0.25, 0.3) is 0 Å². The average Bonchev–Trinajstić information content (AvgIpc) is 2.88. The van der Waals surface area contributed by atoms with Gasteiger partial charge in [-0.25, -0.2) is 9.37 Å². The molecule has 0 unspecified atom stereocenters. The van der Waals surface area contributed by atoms with Crippen molar-refractivity contribution in [1.82, 2.24) is 19.9 Å². The van der Waals surface area contributed by atoms with E-state index in [9.17, 15) is 35.1 Å². The summed E-state index contributed by atoms with van der Waals surface area (Å²) in [6.45, 7) is 0. The van der Waals surface area contributed by atoms with Crippen molar-refractivity contribution in [1.29, 1.82) is 0 Å². The van der Waals surface area contributed by atoms with Crippen molar-refractivity contribution in [3.8, 4) is 11.5 Å². The second-order valence-electron chi connectivity index (χ2n) is 3.99. The summed E-state index contributed by atoms with van der Waals surface area (Å²) in [6.07, 6.45) is -13.6. The summed E-state index contributed by atoms with van der Waals surface area (Å²) in [6, 6.07) is 2.44. The highest BCUT2D eigenvalue weighted by molar-refractivity contribution is 5.48. The van der Waals surface area contributed by atoms with Crippen LogP contribution in [0.1, 0.15) is 5.82 Å². The summed E-state index contributed by atoms with van der Waals surface area (Å²) < 4.78 is 102. The fourth-order valence-electron chi connectivity index (χ4n) is 1.51. The van der Waals surface area contributed by atoms with E-state index in [0.717, 1.165) is 6.07 Å². The second kappa shape index (κ2) is 4.88. The number of nitrogens with zero attached hydrogens (tertiary/aromatic N) is 3. The molecule has 0 fully saturated rings. The zero-order valence-electron chi connectivity index (χ0n) is 10.1. The van der Waals surface area contributed by atoms with Gasteiger partial charge in [0.2, 0.25) is 0 Å². The first kappa shape index (κ1) is 16.1. The maximum atomic E-state index is 13.8. The van der Waals surface area contributed by atoms with E-state index in [2.05, 4.69) is 19.9 Å². The van der Waals surface area contributed by atoms with Crippen LogP contribution in [0.25, 0.3) is 11.5 Å². The Morgan fingerprint density at radius 3 is 1.91 bits per heavy atom. The number of halogens is 8. The third kappa shape index (κ3) is 2.48. The molecule has 0 aliphatic carbocycles. The highest BCUT2D eigenvalue weighted by atomic mass is 19.4. The van der Waals surface area contributed by atoms with Gasteiger partial charge in [0.05, 0.1) is 5.69 Å². The fraction of sp³-hybridized carbons (Fsp3) is 0.300. The average molecular weight is 332 g/mol. The third-order valence-corrected chi connectivity index (χ3v) is 2.54. The molecule has 0 atom stereocenters. The monoisotopic (exact) mass is 332 g/mol. The van der Waals surface area contributed by atoms with E-state index in [1.165, 1.54) is 12.3 Å². The number of nitrogens with one attached hydrogen (secondary N) is 1. The van der Waals surface area contributed by atoms with E-state index in [4.69, 9.17) is 0 Å². The summed E-state index contributed by atoms with van der Waals surface area (Å²) in [5.74, 6) is -3.33. The third-order valence-electron chi connectivity index (χ3n) is 2.54. The van der Waals surface area contributed by atoms with Crippen LogP contribution >= 0.6 is 0 Å². The lowest BCUT2D eigenvalue weighted by atomic mass is 10.0. The van der Waals surface area contributed by atoms with E-state index in [-0.39, 0.29) is 5.69 Å². The molecule has 2 aromatic heterocycles. The SMILES string of the molecule is Fc1nc(-c2ccc[nH]2)nc(C(F)(C(F)(F)F)C(F)(F)F)n1. The lowest BCUT2D eigenvalue weighted by Gasteiger charge is -2.28. The first-order valence-electron chi connectivity index (χ1n) is 5.35. The molecular formula is C10H4F8N4. The van der Waals surface area contributed by atoms with Gasteiger partial charge < -0.3 is 4.98 Å². The Kier molecular flexibility index (Phi) is 3.57. The van der Waals surface area contributed by atoms with Gasteiger partial charge in [-0.2, -0.15) is 40.7 Å². The molecule has 0 radical (unpaired) electrons. The van der Waals surface area contributed by atoms with Crippen LogP contribution in [0, 0.1) is 6.08 Å². The predicted molar refractivity (Wildman–Crippen MR) is 54.5 cm³/mol. The molecule has 2 aromatic rings. The Labute approximate surface area is 116 Å². The highest BCUT2D eigenvalue weighted by Gasteiger charge is 2.76. The highest BCUT2D eigenvalue weighted by Crippen LogP contribution is 2.52. The van der Waals surface area contributed by atoms with Gasteiger partial charge >= 0.3 is 24.1 Å². The van der Waals surface area contributed by atoms with Crippen LogP contribution in [0.2, 0.25) is 0 Å². The normalized spacial score (nSPS) is 13.5. The Bertz CT molecular complexity index is 647. The maximum Gasteiger partial charge on any atom is 0.439 e. The summed E-state index contributed by atoms with van der Waals surface area (Å²) >= 11 is 0. The second-order valence-corrected chi connectivity index (χ2v) is 3.99. The van der Waals surface area contributed by atoms with E-state index in [1.807, 2.05) is 0 Å². The standard InChI is InChI=1S/C10H4F8N4/c11-7-21-5(4-2-1-3-19-4)20-6(22-7)8(12,9(13,14)15)10(16,17)18/h1-3,19H. The molecule has 0 amide bonds. The molecule has 2 heterocycles. The van der Waals surface area contributed by atoms with Gasteiger partial charge in [-0.1, -0.05) is 0 Å². The molecule has 0 saturated carbocycles. The van der Waals surface area contributed by atoms with Gasteiger partial charge in [0.1, 0.15) is 0 Å². The molecule has 2 rings (SSSR count). The number of hydrogen-bond donors (Lipinski definition) is 1. The van der Waals surface area contributed by atoms with Gasteiger partial charge in [0, 0.05) is 6.20 Å². The number of aromatic nitrogens is 4. The van der Waals surface area contributed by atoms with E-state index in [1.54, 1.807) is 0 Å². The first-order valence-corrected chi connectivity index (χ1v) is 5.35. The van der Waals surface area contributed by atoms with Crippen molar-refractivity contribution in [2.24, 2.45) is 0 Å². The Morgan fingerprint density at radius 2 is 1.45 bits per heavy atom. The summed E-state index contributed by atoms with van der Waals surface area (Å²) in [4.78, 5) is 10.3. The molecule has 0 aromatic carbocycles. The molecule has 120 valence electrons. The largest absolute Gasteiger partial charge is 0.439 e. The fourth-order valence-corrected chi connectivity index (χ4v) is 1.51. The zero-order chi connectivity index (χ0) is 16.8. The first-order chi connectivity index (χ1) is 9.97. The summed E-state index contributed by atoms with van der Waals surface area (Å²) in [5, 5.41) is 0. The van der Waals surface area contributed by atoms with Crippen molar-refractivity contribution in [3.05, 3.63) is 30.2 Å². The quantitative estimate of drug-likeness (QED) is 0.859. The minimum absolute atomic E-state index is 0.214. The number of H-pyrrole nitrogens is 1. The van der Waals surface area contributed by atoms with Crippen LogP contribution in [-0.4, -0.2) is 32.3 Å². The Morgan fingerprint density at radius 1 is 0.864 bits per heavy atom. The minimum atomic E-state index is -6.44. The van der Waals surface area contributed by atoms with E-state index < -0.39 is 35.7 Å². The van der Waals surface area contributed by atoms with Crippen molar-refractivity contribution < 1.29 is 35.1 Å². The van der Waals surface area contributed by atoms with E-state index in [0.29, 0.717) is 0 Å². The van der Waals surface area contributed by atoms with Crippen LogP contribution < -0.4 is 0 Å². The van der Waals surface area contributed by atoms with E-state index >= 15 is 0 Å². The molecule has 22 heavy (non-hydrogen) atoms. The maximum absolute atomic E-state index is 13.8. The van der Waals surface area contributed by atoms with Crippen molar-refractivity contribution in [2.45, 2.75) is 18.0 Å². The van der Waals surface area contributed by atoms with Crippen LogP contribution in [0.4, 0.5) is 35.1 Å². The summed E-state index contributed by atoms with van der Waals surface area (Å²) in [7, 11) is 0. The van der Waals surface area contributed by atoms with Gasteiger partial charge in [-0.05, 0) is 12.1 Å². The topological polar surface area (TPSA) is 54.5 Å². The molecular weight excluding hydrogens is 328 g/mol. The van der Waals surface area contributed by atoms with Crippen LogP contribution in [0.5, 0.6) is 0 Å². The van der Waals surface area contributed by atoms with Gasteiger partial charge in [-0.15, -0.1) is 0 Å². The zero-order valence-corrected chi connectivity index (χ0v) is 10.1. The van der Waals surface area contributed by atoms with Crippen molar-refractivity contribution >= 4 is 0 Å². The Balaban J connectivity index is 2.69. The molecule has 1 N–H and O–H groups in total. The van der Waals surface area contributed by atoms with Gasteiger partial charge in [0.15, 0.2) is 11.6 Å².